The van der Waals surface area contributed by atoms with Gasteiger partial charge in [0, 0.05) is 26.2 Å². The smallest absolute Gasteiger partial charge is 0.243 e. The van der Waals surface area contributed by atoms with Gasteiger partial charge >= 0.3 is 0 Å². The standard InChI is InChI=1S/C18H27N3O3S/c1-4-20-9-15-10-21(12-16(11-20)19-18(15)22)25(23,24)17-7-5-14(6-8-17)13(2)3/h5-8,13,15-16H,4,9-12H2,1-3H3,(H,19,22)/t15-,16+/m1/s1. The molecular formula is C18H27N3O3S. The predicted octanol–water partition coefficient (Wildman–Crippen LogP) is 1.25. The number of benzene rings is 1. The third-order valence-electron chi connectivity index (χ3n) is 5.15. The van der Waals surface area contributed by atoms with Gasteiger partial charge in [0.15, 0.2) is 0 Å². The molecule has 2 saturated heterocycles. The van der Waals surface area contributed by atoms with Crippen LogP contribution in [0.3, 0.4) is 0 Å². The zero-order chi connectivity index (χ0) is 18.2. The molecule has 2 aliphatic rings. The van der Waals surface area contributed by atoms with Crippen LogP contribution in [0.15, 0.2) is 29.2 Å². The summed E-state index contributed by atoms with van der Waals surface area (Å²) < 4.78 is 27.7. The molecule has 1 N–H and O–H groups in total. The van der Waals surface area contributed by atoms with Crippen LogP contribution in [0.1, 0.15) is 32.3 Å². The van der Waals surface area contributed by atoms with Crippen molar-refractivity contribution >= 4 is 15.9 Å². The van der Waals surface area contributed by atoms with Crippen LogP contribution in [-0.4, -0.2) is 62.3 Å². The fourth-order valence-electron chi connectivity index (χ4n) is 3.58. The zero-order valence-electron chi connectivity index (χ0n) is 15.1. The molecular weight excluding hydrogens is 338 g/mol. The maximum absolute atomic E-state index is 13.1. The molecule has 2 aliphatic heterocycles. The molecule has 25 heavy (non-hydrogen) atoms. The Morgan fingerprint density at radius 2 is 1.80 bits per heavy atom. The second kappa shape index (κ2) is 7.05. The van der Waals surface area contributed by atoms with Crippen LogP contribution in [0.25, 0.3) is 0 Å². The second-order valence-electron chi connectivity index (χ2n) is 7.30. The molecule has 7 heteroatoms. The topological polar surface area (TPSA) is 69.7 Å². The minimum atomic E-state index is -3.59. The lowest BCUT2D eigenvalue weighted by atomic mass is 10.0. The van der Waals surface area contributed by atoms with Crippen LogP contribution in [0.5, 0.6) is 0 Å². The van der Waals surface area contributed by atoms with E-state index in [1.807, 2.05) is 12.1 Å². The fraction of sp³-hybridized carbons (Fsp3) is 0.611. The molecule has 0 radical (unpaired) electrons. The van der Waals surface area contributed by atoms with Gasteiger partial charge in [0.2, 0.25) is 15.9 Å². The van der Waals surface area contributed by atoms with E-state index in [0.717, 1.165) is 12.1 Å². The summed E-state index contributed by atoms with van der Waals surface area (Å²) in [7, 11) is -3.59. The van der Waals surface area contributed by atoms with Crippen molar-refractivity contribution in [3.63, 3.8) is 0 Å². The molecule has 6 nitrogen and oxygen atoms in total. The number of nitrogens with one attached hydrogen (secondary N) is 1. The Kier molecular flexibility index (Phi) is 5.18. The normalized spacial score (nSPS) is 25.7. The summed E-state index contributed by atoms with van der Waals surface area (Å²) in [6.07, 6.45) is 0. The van der Waals surface area contributed by atoms with Crippen LogP contribution >= 0.6 is 0 Å². The van der Waals surface area contributed by atoms with Crippen LogP contribution in [-0.2, 0) is 14.8 Å². The first-order valence-corrected chi connectivity index (χ1v) is 10.4. The van der Waals surface area contributed by atoms with Crippen LogP contribution in [0.2, 0.25) is 0 Å². The van der Waals surface area contributed by atoms with Crippen LogP contribution in [0, 0.1) is 5.92 Å². The van der Waals surface area contributed by atoms with Crippen molar-refractivity contribution in [2.75, 3.05) is 32.7 Å². The Labute approximate surface area is 150 Å². The molecule has 0 aromatic heterocycles. The second-order valence-corrected chi connectivity index (χ2v) is 9.24. The number of amides is 1. The summed E-state index contributed by atoms with van der Waals surface area (Å²) in [5.41, 5.74) is 1.11. The molecule has 0 saturated carbocycles. The number of hydrogen-bond acceptors (Lipinski definition) is 4. The third kappa shape index (κ3) is 3.73. The first kappa shape index (κ1) is 18.4. The molecule has 0 spiro atoms. The Morgan fingerprint density at radius 3 is 2.40 bits per heavy atom. The molecule has 0 unspecified atom stereocenters. The Balaban J connectivity index is 1.87. The molecule has 0 aliphatic carbocycles. The number of carbonyl (C=O) groups excluding carboxylic acids is 1. The molecule has 138 valence electrons. The highest BCUT2D eigenvalue weighted by atomic mass is 32.2. The Bertz CT molecular complexity index is 730. The van der Waals surface area contributed by atoms with Gasteiger partial charge in [-0.1, -0.05) is 32.9 Å². The van der Waals surface area contributed by atoms with Crippen molar-refractivity contribution < 1.29 is 13.2 Å². The Hall–Kier alpha value is -1.44. The van der Waals surface area contributed by atoms with E-state index >= 15 is 0 Å². The molecule has 3 rings (SSSR count). The van der Waals surface area contributed by atoms with Crippen LogP contribution in [0.4, 0.5) is 0 Å². The summed E-state index contributed by atoms with van der Waals surface area (Å²) in [6, 6.07) is 6.94. The van der Waals surface area contributed by atoms with E-state index < -0.39 is 10.0 Å². The van der Waals surface area contributed by atoms with Gasteiger partial charge < -0.3 is 10.2 Å². The SMILES string of the molecule is CCN1C[C@H]2CN(S(=O)(=O)c3ccc(C(C)C)cc3)C[C@@H](C1)C(=O)N2. The van der Waals surface area contributed by atoms with Crippen molar-refractivity contribution in [2.45, 2.75) is 37.6 Å². The lowest BCUT2D eigenvalue weighted by Gasteiger charge is -2.32. The molecule has 1 aromatic carbocycles. The summed E-state index contributed by atoms with van der Waals surface area (Å²) in [5, 5.41) is 3.00. The molecule has 2 bridgehead atoms. The highest BCUT2D eigenvalue weighted by molar-refractivity contribution is 7.89. The summed E-state index contributed by atoms with van der Waals surface area (Å²) in [5.74, 6) is 0.00196. The lowest BCUT2D eigenvalue weighted by molar-refractivity contribution is -0.124. The van der Waals surface area contributed by atoms with Gasteiger partial charge in [-0.3, -0.25) is 4.79 Å². The van der Waals surface area contributed by atoms with Crippen molar-refractivity contribution in [3.05, 3.63) is 29.8 Å². The predicted molar refractivity (Wildman–Crippen MR) is 96.8 cm³/mol. The summed E-state index contributed by atoms with van der Waals surface area (Å²) >= 11 is 0. The monoisotopic (exact) mass is 365 g/mol. The molecule has 2 heterocycles. The fourth-order valence-corrected chi connectivity index (χ4v) is 5.11. The Morgan fingerprint density at radius 1 is 1.12 bits per heavy atom. The molecule has 2 atom stereocenters. The van der Waals surface area contributed by atoms with E-state index in [9.17, 15) is 13.2 Å². The summed E-state index contributed by atoms with van der Waals surface area (Å²) in [6.45, 7) is 8.96. The van der Waals surface area contributed by atoms with Gasteiger partial charge in [-0.15, -0.1) is 0 Å². The quantitative estimate of drug-likeness (QED) is 0.872. The van der Waals surface area contributed by atoms with E-state index in [1.54, 1.807) is 12.1 Å². The van der Waals surface area contributed by atoms with Crippen molar-refractivity contribution in [1.29, 1.82) is 0 Å². The lowest BCUT2D eigenvalue weighted by Crippen LogP contribution is -2.48. The van der Waals surface area contributed by atoms with E-state index in [-0.39, 0.29) is 24.4 Å². The van der Waals surface area contributed by atoms with Gasteiger partial charge in [-0.05, 0) is 30.2 Å². The average molecular weight is 365 g/mol. The van der Waals surface area contributed by atoms with Crippen molar-refractivity contribution in [3.8, 4) is 0 Å². The maximum Gasteiger partial charge on any atom is 0.243 e. The average Bonchev–Trinajstić information content (AvgIpc) is 2.81. The van der Waals surface area contributed by atoms with Crippen molar-refractivity contribution in [1.82, 2.24) is 14.5 Å². The minimum absolute atomic E-state index is 0.0335. The molecule has 2 fully saturated rings. The third-order valence-corrected chi connectivity index (χ3v) is 7.00. The van der Waals surface area contributed by atoms with Crippen molar-refractivity contribution in [2.24, 2.45) is 5.92 Å². The van der Waals surface area contributed by atoms with E-state index in [1.165, 1.54) is 4.31 Å². The maximum atomic E-state index is 13.1. The number of nitrogens with zero attached hydrogens (tertiary/aromatic N) is 2. The van der Waals surface area contributed by atoms with Gasteiger partial charge in [0.05, 0.1) is 16.9 Å². The van der Waals surface area contributed by atoms with Gasteiger partial charge in [-0.2, -0.15) is 4.31 Å². The van der Waals surface area contributed by atoms with E-state index in [4.69, 9.17) is 0 Å². The van der Waals surface area contributed by atoms with Gasteiger partial charge in [0.1, 0.15) is 0 Å². The van der Waals surface area contributed by atoms with Crippen LogP contribution < -0.4 is 5.32 Å². The number of rotatable bonds is 4. The largest absolute Gasteiger partial charge is 0.350 e. The highest BCUT2D eigenvalue weighted by Gasteiger charge is 2.39. The van der Waals surface area contributed by atoms with Gasteiger partial charge in [-0.25, -0.2) is 8.42 Å². The first-order chi connectivity index (χ1) is 11.8. The number of hydrogen-bond donors (Lipinski definition) is 1. The zero-order valence-corrected chi connectivity index (χ0v) is 15.9. The first-order valence-electron chi connectivity index (χ1n) is 8.94. The minimum Gasteiger partial charge on any atom is -0.350 e. The molecule has 1 amide bonds. The number of carbonyl (C=O) groups is 1. The van der Waals surface area contributed by atoms with E-state index in [2.05, 4.69) is 31.0 Å². The van der Waals surface area contributed by atoms with Gasteiger partial charge in [0.25, 0.3) is 0 Å². The number of fused-ring (bicyclic) bond motifs is 3. The highest BCUT2D eigenvalue weighted by Crippen LogP contribution is 2.24. The number of likely N-dealkylation sites (N-methyl/N-ethyl adjacent to an activating group) is 1. The van der Waals surface area contributed by atoms with E-state index in [0.29, 0.717) is 30.4 Å². The number of sulfonamides is 1. The summed E-state index contributed by atoms with van der Waals surface area (Å²) in [4.78, 5) is 14.8. The molecule has 1 aromatic rings.